The molecule has 12 rings (SSSR count). The average molecular weight is 1200 g/mol. The zero-order valence-electron chi connectivity index (χ0n) is 46.5. The SMILES string of the molecule is CC(C)[C@@H](C(=O)N1C[C@H](O)C[C@H]1C(=O)N[C@@H](CO)c1ccc(-c2cccc(F)c2F)cc1)n1cc(-c2ccc(COc3c(-c4ccc(F)c5sc(N)c(C#N)c45)c(Cl)cc4c(N5CCC6CNC(C6)C5)nc(OC5CCOCC5)nc34)cc2)nn1. The molecule has 3 aromatic heterocycles. The number of nitrogens with zero attached hydrogens (tertiary/aromatic N) is 8. The predicted molar refractivity (Wildman–Crippen MR) is 315 cm³/mol. The molecule has 8 aromatic rings. The lowest BCUT2D eigenvalue weighted by Gasteiger charge is -2.30. The van der Waals surface area contributed by atoms with Crippen LogP contribution in [0.1, 0.15) is 74.7 Å². The average Bonchev–Trinajstić information content (AvgIpc) is 3.32. The van der Waals surface area contributed by atoms with Gasteiger partial charge in [0.05, 0.1) is 53.4 Å². The Morgan fingerprint density at radius 1 is 0.976 bits per heavy atom. The van der Waals surface area contributed by atoms with Crippen molar-refractivity contribution in [3.63, 3.8) is 0 Å². The number of nitrogens with two attached hydrogens (primary N) is 1. The number of likely N-dealkylation sites (tertiary alicyclic amines) is 1. The van der Waals surface area contributed by atoms with Crippen molar-refractivity contribution < 1.29 is 47.2 Å². The first-order chi connectivity index (χ1) is 41.1. The van der Waals surface area contributed by atoms with E-state index in [1.807, 2.05) is 44.2 Å². The second-order valence-corrected chi connectivity index (χ2v) is 24.0. The number of thiophene rings is 1. The Morgan fingerprint density at radius 2 is 1.75 bits per heavy atom. The second kappa shape index (κ2) is 24.2. The van der Waals surface area contributed by atoms with Crippen molar-refractivity contribution in [2.24, 2.45) is 11.8 Å². The molecule has 4 aliphatic rings. The minimum atomic E-state index is -1.09. The summed E-state index contributed by atoms with van der Waals surface area (Å²) in [5.41, 5.74) is 10.5. The molecule has 2 amide bonds. The third-order valence-corrected chi connectivity index (χ3v) is 17.9. The molecule has 85 heavy (non-hydrogen) atoms. The van der Waals surface area contributed by atoms with E-state index in [0.29, 0.717) is 94.1 Å². The maximum atomic E-state index is 15.7. The highest BCUT2D eigenvalue weighted by molar-refractivity contribution is 7.23. The van der Waals surface area contributed by atoms with Crippen molar-refractivity contribution in [3.8, 4) is 51.3 Å². The quantitative estimate of drug-likeness (QED) is 0.0606. The number of nitrogen functional groups attached to an aromatic ring is 1. The van der Waals surface area contributed by atoms with Crippen LogP contribution in [0.3, 0.4) is 0 Å². The van der Waals surface area contributed by atoms with Crippen LogP contribution >= 0.6 is 22.9 Å². The zero-order valence-corrected chi connectivity index (χ0v) is 48.1. The van der Waals surface area contributed by atoms with Gasteiger partial charge in [0.1, 0.15) is 58.7 Å². The molecular weight excluding hydrogens is 1140 g/mol. The molecule has 440 valence electrons. The van der Waals surface area contributed by atoms with E-state index >= 15 is 4.39 Å². The number of carbonyl (C=O) groups excluding carboxylic acids is 2. The molecule has 23 heteroatoms. The number of amides is 2. The van der Waals surface area contributed by atoms with Crippen molar-refractivity contribution in [2.45, 2.75) is 88.9 Å². The molecule has 2 unspecified atom stereocenters. The number of fused-ring (bicyclic) bond motifs is 4. The Kier molecular flexibility index (Phi) is 16.4. The van der Waals surface area contributed by atoms with E-state index in [9.17, 15) is 33.8 Å². The Bertz CT molecular complexity index is 3880. The third kappa shape index (κ3) is 11.4. The molecule has 18 nitrogen and oxygen atoms in total. The number of aromatic nitrogens is 5. The summed E-state index contributed by atoms with van der Waals surface area (Å²) < 4.78 is 65.0. The van der Waals surface area contributed by atoms with Gasteiger partial charge < -0.3 is 50.6 Å². The van der Waals surface area contributed by atoms with Crippen LogP contribution < -0.4 is 30.7 Å². The monoisotopic (exact) mass is 1200 g/mol. The number of β-amino-alcohol motifs (C(OH)–C–C–N with tert-alkyl or cyclic N) is 1. The molecule has 5 aromatic carbocycles. The zero-order chi connectivity index (χ0) is 59.2. The first-order valence-corrected chi connectivity index (χ1v) is 29.6. The lowest BCUT2D eigenvalue weighted by Crippen LogP contribution is -2.50. The number of benzene rings is 5. The Morgan fingerprint density at radius 3 is 2.51 bits per heavy atom. The molecular formula is C62H61ClF3N11O7S. The van der Waals surface area contributed by atoms with Crippen LogP contribution in [-0.4, -0.2) is 122 Å². The fourth-order valence-corrected chi connectivity index (χ4v) is 13.5. The Labute approximate surface area is 496 Å². The van der Waals surface area contributed by atoms with Gasteiger partial charge in [-0.2, -0.15) is 15.2 Å². The van der Waals surface area contributed by atoms with Crippen LogP contribution in [0.25, 0.3) is 54.5 Å². The summed E-state index contributed by atoms with van der Waals surface area (Å²) >= 11 is 8.43. The summed E-state index contributed by atoms with van der Waals surface area (Å²) in [5, 5.41) is 48.4. The molecule has 6 N–H and O–H groups in total. The van der Waals surface area contributed by atoms with Crippen LogP contribution in [0.4, 0.5) is 24.0 Å². The molecule has 0 saturated carbocycles. The topological polar surface area (TPSA) is 239 Å². The van der Waals surface area contributed by atoms with E-state index in [4.69, 9.17) is 41.5 Å². The van der Waals surface area contributed by atoms with Gasteiger partial charge in [-0.1, -0.05) is 97.4 Å². The van der Waals surface area contributed by atoms with Crippen LogP contribution in [0, 0.1) is 40.6 Å². The predicted octanol–water partition coefficient (Wildman–Crippen LogP) is 9.30. The molecule has 4 aliphatic heterocycles. The fourth-order valence-electron chi connectivity index (χ4n) is 12.2. The Balaban J connectivity index is 0.820. The van der Waals surface area contributed by atoms with Crippen molar-refractivity contribution in [1.29, 1.82) is 5.26 Å². The number of nitriles is 1. The minimum absolute atomic E-state index is 0.00695. The number of halogens is 4. The summed E-state index contributed by atoms with van der Waals surface area (Å²) in [6.45, 7) is 6.54. The van der Waals surface area contributed by atoms with Crippen LogP contribution in [0.5, 0.6) is 11.8 Å². The van der Waals surface area contributed by atoms with E-state index < -0.39 is 60.1 Å². The number of hydrogen-bond acceptors (Lipinski definition) is 16. The van der Waals surface area contributed by atoms with Gasteiger partial charge in [-0.15, -0.1) is 16.4 Å². The van der Waals surface area contributed by atoms with Gasteiger partial charge in [0.15, 0.2) is 17.4 Å². The number of rotatable bonds is 16. The standard InChI is InChI=1S/C62H61ClF3N11O7S/c1-32(2)55(61(81)76-28-39(79)23-50(76)60(80)70-49(30-78)37-12-10-35(11-13-37)41-4-3-5-46(64)53(41)66)77-29-48(73-74-77)36-8-6-33(7-9-36)31-83-56-52(42-14-15-47(65)57-51(42)44(25-67)58(68)85-57)45(63)24-43-54(56)71-62(84-40-17-20-82-21-18-40)72-59(43)75-19-16-34-22-38(27-75)69-26-34/h3-15,24,29,32,34,38-40,49-50,55,69,78-79H,16-23,26-28,30-31,68H2,1-2H3,(H,70,80)/t34?,38?,39-,49+,50+,55+/m1/s1. The van der Waals surface area contributed by atoms with Crippen LogP contribution in [0.2, 0.25) is 5.02 Å². The largest absolute Gasteiger partial charge is 0.486 e. The number of anilines is 2. The van der Waals surface area contributed by atoms with E-state index in [0.717, 1.165) is 48.9 Å². The fraction of sp³-hybridized carbons (Fsp3) is 0.371. The highest BCUT2D eigenvalue weighted by Gasteiger charge is 2.43. The lowest BCUT2D eigenvalue weighted by atomic mass is 9.96. The summed E-state index contributed by atoms with van der Waals surface area (Å²) in [6.07, 6.45) is 3.72. The summed E-state index contributed by atoms with van der Waals surface area (Å²) in [5.74, 6) is -2.49. The van der Waals surface area contributed by atoms with E-state index in [1.54, 1.807) is 36.5 Å². The van der Waals surface area contributed by atoms with Gasteiger partial charge in [0.2, 0.25) is 11.8 Å². The van der Waals surface area contributed by atoms with Crippen LogP contribution in [-0.2, 0) is 20.9 Å². The van der Waals surface area contributed by atoms with Gasteiger partial charge in [-0.05, 0) is 71.7 Å². The van der Waals surface area contributed by atoms with Gasteiger partial charge in [0, 0.05) is 72.4 Å². The molecule has 7 heterocycles. The van der Waals surface area contributed by atoms with E-state index in [1.165, 1.54) is 27.8 Å². The first-order valence-electron chi connectivity index (χ1n) is 28.4. The van der Waals surface area contributed by atoms with Gasteiger partial charge in [-0.25, -0.2) is 17.9 Å². The molecule has 4 fully saturated rings. The maximum absolute atomic E-state index is 15.7. The molecule has 0 aliphatic carbocycles. The van der Waals surface area contributed by atoms with Crippen molar-refractivity contribution in [2.75, 3.05) is 56.6 Å². The summed E-state index contributed by atoms with van der Waals surface area (Å²) in [4.78, 5) is 42.4. The van der Waals surface area contributed by atoms with E-state index in [2.05, 4.69) is 31.9 Å². The number of carbonyl (C=O) groups is 2. The van der Waals surface area contributed by atoms with Crippen LogP contribution in [0.15, 0.2) is 91.1 Å². The summed E-state index contributed by atoms with van der Waals surface area (Å²) in [6, 6.07) is 22.0. The number of ether oxygens (including phenoxy) is 3. The minimum Gasteiger partial charge on any atom is -0.486 e. The number of aliphatic hydroxyl groups is 2. The first kappa shape index (κ1) is 57.5. The van der Waals surface area contributed by atoms with Crippen molar-refractivity contribution in [1.82, 2.24) is 40.5 Å². The number of nitrogens with one attached hydrogen (secondary N) is 2. The molecule has 0 spiro atoms. The van der Waals surface area contributed by atoms with Gasteiger partial charge >= 0.3 is 6.01 Å². The third-order valence-electron chi connectivity index (χ3n) is 16.6. The lowest BCUT2D eigenvalue weighted by molar-refractivity contribution is -0.142. The second-order valence-electron chi connectivity index (χ2n) is 22.5. The Hall–Kier alpha value is -7.91. The smallest absolute Gasteiger partial charge is 0.319 e. The number of aliphatic hydroxyl groups excluding tert-OH is 2. The molecule has 0 radical (unpaired) electrons. The van der Waals surface area contributed by atoms with Crippen molar-refractivity contribution >= 4 is 66.6 Å². The normalized spacial score (nSPS) is 19.8. The molecule has 2 bridgehead atoms. The van der Waals surface area contributed by atoms with E-state index in [-0.39, 0.29) is 75.2 Å². The maximum Gasteiger partial charge on any atom is 0.319 e. The molecule has 6 atom stereocenters. The van der Waals surface area contributed by atoms with Gasteiger partial charge in [0.25, 0.3) is 0 Å². The molecule has 4 saturated heterocycles. The van der Waals surface area contributed by atoms with Crippen molar-refractivity contribution in [3.05, 3.63) is 130 Å². The highest BCUT2D eigenvalue weighted by Crippen LogP contribution is 2.50. The highest BCUT2D eigenvalue weighted by atomic mass is 35.5. The number of hydrogen-bond donors (Lipinski definition) is 5. The summed E-state index contributed by atoms with van der Waals surface area (Å²) in [7, 11) is 0. The van der Waals surface area contributed by atoms with Gasteiger partial charge in [-0.3, -0.25) is 9.59 Å².